The number of methoxy groups -OCH3 is 1. The van der Waals surface area contributed by atoms with Gasteiger partial charge < -0.3 is 15.2 Å². The minimum absolute atomic E-state index is 0.223. The van der Waals surface area contributed by atoms with Crippen molar-refractivity contribution in [2.24, 2.45) is 0 Å². The minimum Gasteiger partial charge on any atom is -0.497 e. The molecule has 2 N–H and O–H groups in total. The van der Waals surface area contributed by atoms with Crippen LogP contribution in [-0.2, 0) is 6.54 Å². The summed E-state index contributed by atoms with van der Waals surface area (Å²) in [6, 6.07) is 15.3. The molecule has 4 aromatic rings. The van der Waals surface area contributed by atoms with Crippen molar-refractivity contribution in [1.29, 1.82) is 0 Å². The van der Waals surface area contributed by atoms with E-state index in [1.807, 2.05) is 52.7 Å². The third-order valence-electron chi connectivity index (χ3n) is 6.55. The Balaban J connectivity index is 1.18. The lowest BCUT2D eigenvalue weighted by molar-refractivity contribution is 0.0571. The number of ether oxygens (including phenoxy) is 1. The van der Waals surface area contributed by atoms with Gasteiger partial charge in [-0.25, -0.2) is 4.39 Å². The quantitative estimate of drug-likeness (QED) is 0.384. The molecule has 182 valence electrons. The molecule has 7 nitrogen and oxygen atoms in total. The number of piperidine rings is 1. The monoisotopic (exact) mass is 493 g/mol. The predicted molar refractivity (Wildman–Crippen MR) is 135 cm³/mol. The fourth-order valence-corrected chi connectivity index (χ4v) is 5.12. The Labute approximate surface area is 207 Å². The highest BCUT2D eigenvalue weighted by molar-refractivity contribution is 7.03. The third-order valence-corrected chi connectivity index (χ3v) is 7.05. The average Bonchev–Trinajstić information content (AvgIpc) is 3.43. The van der Waals surface area contributed by atoms with Gasteiger partial charge in [-0.15, -0.1) is 5.10 Å². The number of aliphatic hydroxyl groups excluding tert-OH is 1. The van der Waals surface area contributed by atoms with Gasteiger partial charge in [0.2, 0.25) is 0 Å². The Hall–Kier alpha value is -2.98. The van der Waals surface area contributed by atoms with Gasteiger partial charge in [-0.1, -0.05) is 22.7 Å². The number of hydrogen-bond acceptors (Lipinski definition) is 8. The molecule has 2 aromatic heterocycles. The SMILES string of the molecule is COc1ccc2nccc([C@H](O)CN3CC[C@@H](NCc4cccc(-c5csnn5)c4)[C@H](F)C3)c2c1. The molecule has 1 saturated heterocycles. The molecule has 0 spiro atoms. The zero-order chi connectivity index (χ0) is 24.2. The van der Waals surface area contributed by atoms with Gasteiger partial charge in [-0.2, -0.15) is 0 Å². The zero-order valence-electron chi connectivity index (χ0n) is 19.5. The summed E-state index contributed by atoms with van der Waals surface area (Å²) in [4.78, 5) is 6.37. The van der Waals surface area contributed by atoms with Gasteiger partial charge in [0.05, 0.1) is 18.7 Å². The van der Waals surface area contributed by atoms with Crippen molar-refractivity contribution in [2.45, 2.75) is 31.3 Å². The Morgan fingerprint density at radius 1 is 1.26 bits per heavy atom. The van der Waals surface area contributed by atoms with Gasteiger partial charge in [-0.05, 0) is 66.0 Å². The number of benzene rings is 2. The Bertz CT molecular complexity index is 1270. The zero-order valence-corrected chi connectivity index (χ0v) is 20.3. The van der Waals surface area contributed by atoms with E-state index in [0.29, 0.717) is 31.8 Å². The fraction of sp³-hybridized carbons (Fsp3) is 0.346. The number of likely N-dealkylation sites (tertiary alicyclic amines) is 1. The predicted octanol–water partition coefficient (Wildman–Crippen LogP) is 4.00. The Morgan fingerprint density at radius 2 is 2.17 bits per heavy atom. The number of alkyl halides is 1. The lowest BCUT2D eigenvalue weighted by atomic mass is 9.99. The lowest BCUT2D eigenvalue weighted by Gasteiger charge is -2.36. The normalized spacial score (nSPS) is 19.6. The van der Waals surface area contributed by atoms with E-state index in [1.54, 1.807) is 13.3 Å². The second-order valence-corrected chi connectivity index (χ2v) is 9.45. The molecule has 0 unspecified atom stereocenters. The van der Waals surface area contributed by atoms with E-state index in [-0.39, 0.29) is 12.6 Å². The van der Waals surface area contributed by atoms with Crippen LogP contribution in [0.1, 0.15) is 23.7 Å². The molecule has 1 aliphatic heterocycles. The molecular formula is C26H28FN5O2S. The molecule has 5 rings (SSSR count). The van der Waals surface area contributed by atoms with E-state index < -0.39 is 12.3 Å². The molecular weight excluding hydrogens is 465 g/mol. The Morgan fingerprint density at radius 3 is 2.97 bits per heavy atom. The van der Waals surface area contributed by atoms with Gasteiger partial charge in [0.15, 0.2) is 0 Å². The van der Waals surface area contributed by atoms with Crippen LogP contribution in [0.5, 0.6) is 5.75 Å². The fourth-order valence-electron chi connectivity index (χ4n) is 4.65. The van der Waals surface area contributed by atoms with Crippen LogP contribution in [0.25, 0.3) is 22.2 Å². The van der Waals surface area contributed by atoms with E-state index in [2.05, 4.69) is 26.0 Å². The summed E-state index contributed by atoms with van der Waals surface area (Å²) in [7, 11) is 1.61. The number of nitrogens with one attached hydrogen (secondary N) is 1. The maximum Gasteiger partial charge on any atom is 0.128 e. The number of rotatable bonds is 8. The Kier molecular flexibility index (Phi) is 7.29. The first-order chi connectivity index (χ1) is 17.1. The van der Waals surface area contributed by atoms with Crippen molar-refractivity contribution in [3.63, 3.8) is 0 Å². The molecule has 3 heterocycles. The maximum atomic E-state index is 15.1. The van der Waals surface area contributed by atoms with Crippen LogP contribution in [0.4, 0.5) is 4.39 Å². The lowest BCUT2D eigenvalue weighted by Crippen LogP contribution is -2.51. The molecule has 0 bridgehead atoms. The van der Waals surface area contributed by atoms with Crippen LogP contribution in [-0.4, -0.2) is 63.5 Å². The summed E-state index contributed by atoms with van der Waals surface area (Å²) < 4.78 is 24.3. The number of pyridine rings is 1. The van der Waals surface area contributed by atoms with E-state index in [0.717, 1.165) is 33.3 Å². The number of β-amino-alcohol motifs (C(OH)–C–C–N with tert-alkyl or cyclic N) is 1. The second kappa shape index (κ2) is 10.7. The first-order valence-electron chi connectivity index (χ1n) is 11.7. The number of hydrogen-bond donors (Lipinski definition) is 2. The summed E-state index contributed by atoms with van der Waals surface area (Å²) in [5, 5.41) is 21.3. The van der Waals surface area contributed by atoms with Crippen LogP contribution in [0.2, 0.25) is 0 Å². The summed E-state index contributed by atoms with van der Waals surface area (Å²) in [5.74, 6) is 0.712. The third kappa shape index (κ3) is 5.48. The highest BCUT2D eigenvalue weighted by Gasteiger charge is 2.30. The van der Waals surface area contributed by atoms with Crippen LogP contribution in [0, 0.1) is 0 Å². The molecule has 9 heteroatoms. The first-order valence-corrected chi connectivity index (χ1v) is 12.5. The van der Waals surface area contributed by atoms with E-state index in [4.69, 9.17) is 4.74 Å². The van der Waals surface area contributed by atoms with Gasteiger partial charge in [-0.3, -0.25) is 9.88 Å². The largest absolute Gasteiger partial charge is 0.497 e. The maximum absolute atomic E-state index is 15.1. The van der Waals surface area contributed by atoms with Gasteiger partial charge in [0.1, 0.15) is 17.6 Å². The average molecular weight is 494 g/mol. The van der Waals surface area contributed by atoms with Crippen molar-refractivity contribution in [3.8, 4) is 17.0 Å². The van der Waals surface area contributed by atoms with Crippen molar-refractivity contribution in [1.82, 2.24) is 24.8 Å². The van der Waals surface area contributed by atoms with E-state index in [9.17, 15) is 5.11 Å². The number of aromatic nitrogens is 3. The van der Waals surface area contributed by atoms with Crippen molar-refractivity contribution >= 4 is 22.4 Å². The van der Waals surface area contributed by atoms with Crippen LogP contribution in [0.15, 0.2) is 60.1 Å². The van der Waals surface area contributed by atoms with Crippen LogP contribution < -0.4 is 10.1 Å². The van der Waals surface area contributed by atoms with Gasteiger partial charge >= 0.3 is 0 Å². The molecule has 0 aliphatic carbocycles. The number of halogens is 1. The molecule has 0 radical (unpaired) electrons. The molecule has 0 saturated carbocycles. The molecule has 35 heavy (non-hydrogen) atoms. The number of aliphatic hydroxyl groups is 1. The number of fused-ring (bicyclic) bond motifs is 1. The highest BCUT2D eigenvalue weighted by atomic mass is 32.1. The van der Waals surface area contributed by atoms with E-state index in [1.165, 1.54) is 11.5 Å². The van der Waals surface area contributed by atoms with Gasteiger partial charge in [0.25, 0.3) is 0 Å². The highest BCUT2D eigenvalue weighted by Crippen LogP contribution is 2.28. The standard InChI is InChI=1S/C26H28FN5O2S/c1-34-19-5-6-23-21(12-19)20(7-9-28-23)26(33)15-32-10-8-24(22(27)14-32)29-13-17-3-2-4-18(11-17)25-16-35-31-30-25/h2-7,9,11-12,16,22,24,26,29,33H,8,10,13-15H2,1H3/t22-,24-,26-/m1/s1. The summed E-state index contributed by atoms with van der Waals surface area (Å²) in [6.45, 7) is 1.95. The number of nitrogens with zero attached hydrogens (tertiary/aromatic N) is 4. The summed E-state index contributed by atoms with van der Waals surface area (Å²) in [5.41, 5.74) is 4.52. The second-order valence-electron chi connectivity index (χ2n) is 8.84. The molecule has 2 aromatic carbocycles. The molecule has 3 atom stereocenters. The van der Waals surface area contributed by atoms with Crippen molar-refractivity contribution < 1.29 is 14.2 Å². The van der Waals surface area contributed by atoms with Crippen molar-refractivity contribution in [2.75, 3.05) is 26.7 Å². The van der Waals surface area contributed by atoms with Crippen molar-refractivity contribution in [3.05, 3.63) is 71.2 Å². The van der Waals surface area contributed by atoms with Crippen LogP contribution in [0.3, 0.4) is 0 Å². The molecule has 1 aliphatic rings. The van der Waals surface area contributed by atoms with Crippen LogP contribution >= 0.6 is 11.5 Å². The summed E-state index contributed by atoms with van der Waals surface area (Å²) >= 11 is 1.32. The smallest absolute Gasteiger partial charge is 0.128 e. The first kappa shape index (κ1) is 23.7. The minimum atomic E-state index is -1.02. The topological polar surface area (TPSA) is 83.4 Å². The van der Waals surface area contributed by atoms with E-state index >= 15 is 4.39 Å². The van der Waals surface area contributed by atoms with Gasteiger partial charge in [0, 0.05) is 48.2 Å². The molecule has 0 amide bonds. The molecule has 1 fully saturated rings. The summed E-state index contributed by atoms with van der Waals surface area (Å²) in [6.07, 6.45) is 0.610.